The zero-order chi connectivity index (χ0) is 18.5. The molecule has 1 heterocycles. The molecule has 1 N–H and O–H groups in total. The van der Waals surface area contributed by atoms with Crippen molar-refractivity contribution in [2.75, 3.05) is 47.5 Å². The number of hydrogen-bond donors (Lipinski definition) is 1. The first kappa shape index (κ1) is 19.3. The Bertz CT molecular complexity index is 587. The quantitative estimate of drug-likeness (QED) is 0.835. The second-order valence-corrected chi connectivity index (χ2v) is 7.22. The second kappa shape index (κ2) is 8.93. The Morgan fingerprint density at radius 1 is 0.923 bits per heavy atom. The molecule has 146 valence electrons. The lowest BCUT2D eigenvalue weighted by Gasteiger charge is -2.42. The predicted octanol–water partition coefficient (Wildman–Crippen LogP) is 2.13. The fourth-order valence-corrected chi connectivity index (χ4v) is 4.30. The zero-order valence-corrected chi connectivity index (χ0v) is 16.2. The summed E-state index contributed by atoms with van der Waals surface area (Å²) in [5.74, 6) is 2.08. The first-order valence-electron chi connectivity index (χ1n) is 9.60. The average molecular weight is 364 g/mol. The fourth-order valence-electron chi connectivity index (χ4n) is 4.30. The highest BCUT2D eigenvalue weighted by atomic mass is 16.5. The maximum absolute atomic E-state index is 10.3. The summed E-state index contributed by atoms with van der Waals surface area (Å²) in [6.07, 6.45) is 4.33. The predicted molar refractivity (Wildman–Crippen MR) is 101 cm³/mol. The average Bonchev–Trinajstić information content (AvgIpc) is 2.68. The van der Waals surface area contributed by atoms with Crippen LogP contribution in [0.3, 0.4) is 0 Å². The third-order valence-electron chi connectivity index (χ3n) is 5.75. The van der Waals surface area contributed by atoms with Crippen LogP contribution in [0.2, 0.25) is 0 Å². The van der Waals surface area contributed by atoms with Gasteiger partial charge in [0.1, 0.15) is 0 Å². The molecule has 3 rings (SSSR count). The lowest BCUT2D eigenvalue weighted by Crippen LogP contribution is -2.54. The Balaban J connectivity index is 1.62. The highest BCUT2D eigenvalue weighted by Crippen LogP contribution is 2.40. The van der Waals surface area contributed by atoms with Crippen LogP contribution in [0.15, 0.2) is 12.1 Å². The van der Waals surface area contributed by atoms with Gasteiger partial charge in [0, 0.05) is 44.3 Å². The molecule has 26 heavy (non-hydrogen) atoms. The monoisotopic (exact) mass is 364 g/mol. The largest absolute Gasteiger partial charge is 0.493 e. The summed E-state index contributed by atoms with van der Waals surface area (Å²) in [5, 5.41) is 10.3. The van der Waals surface area contributed by atoms with Crippen molar-refractivity contribution in [3.05, 3.63) is 17.7 Å². The number of aliphatic hydroxyl groups is 1. The lowest BCUT2D eigenvalue weighted by molar-refractivity contribution is -0.00481. The van der Waals surface area contributed by atoms with E-state index in [1.54, 1.807) is 21.3 Å². The summed E-state index contributed by atoms with van der Waals surface area (Å²) in [6, 6.07) is 4.34. The topological polar surface area (TPSA) is 54.4 Å². The minimum absolute atomic E-state index is 0.152. The van der Waals surface area contributed by atoms with E-state index in [9.17, 15) is 5.11 Å². The third-order valence-corrected chi connectivity index (χ3v) is 5.75. The normalized spacial score (nSPS) is 25.1. The SMILES string of the molecule is COc1ccc(CN2CCN([C@H]3CCCC[C@@H]3O)CC2)c(OC)c1OC. The van der Waals surface area contributed by atoms with E-state index in [0.717, 1.165) is 63.3 Å². The second-order valence-electron chi connectivity index (χ2n) is 7.22. The van der Waals surface area contributed by atoms with Crippen LogP contribution in [0, 0.1) is 0 Å². The molecule has 2 fully saturated rings. The van der Waals surface area contributed by atoms with E-state index < -0.39 is 0 Å². The summed E-state index contributed by atoms with van der Waals surface area (Å²) in [4.78, 5) is 4.92. The van der Waals surface area contributed by atoms with Crippen LogP contribution < -0.4 is 14.2 Å². The van der Waals surface area contributed by atoms with Crippen molar-refractivity contribution in [2.24, 2.45) is 0 Å². The zero-order valence-electron chi connectivity index (χ0n) is 16.2. The highest BCUT2D eigenvalue weighted by molar-refractivity contribution is 5.55. The lowest BCUT2D eigenvalue weighted by atomic mass is 9.91. The van der Waals surface area contributed by atoms with Gasteiger partial charge in [-0.05, 0) is 18.9 Å². The van der Waals surface area contributed by atoms with Crippen molar-refractivity contribution in [1.82, 2.24) is 9.80 Å². The van der Waals surface area contributed by atoms with E-state index in [1.165, 1.54) is 6.42 Å². The van der Waals surface area contributed by atoms with E-state index in [2.05, 4.69) is 15.9 Å². The summed E-state index contributed by atoms with van der Waals surface area (Å²) in [6.45, 7) is 4.85. The molecule has 2 aliphatic rings. The van der Waals surface area contributed by atoms with Gasteiger partial charge in [-0.2, -0.15) is 0 Å². The smallest absolute Gasteiger partial charge is 0.203 e. The van der Waals surface area contributed by atoms with Gasteiger partial charge in [0.05, 0.1) is 27.4 Å². The van der Waals surface area contributed by atoms with Crippen molar-refractivity contribution in [3.8, 4) is 17.2 Å². The van der Waals surface area contributed by atoms with Gasteiger partial charge < -0.3 is 19.3 Å². The van der Waals surface area contributed by atoms with Crippen LogP contribution in [-0.2, 0) is 6.54 Å². The molecule has 1 aromatic rings. The van der Waals surface area contributed by atoms with Crippen LogP contribution in [0.1, 0.15) is 31.2 Å². The van der Waals surface area contributed by atoms with Crippen molar-refractivity contribution in [2.45, 2.75) is 44.4 Å². The molecule has 0 bridgehead atoms. The van der Waals surface area contributed by atoms with Gasteiger partial charge in [-0.15, -0.1) is 0 Å². The van der Waals surface area contributed by atoms with Gasteiger partial charge in [0.2, 0.25) is 5.75 Å². The van der Waals surface area contributed by atoms with Gasteiger partial charge >= 0.3 is 0 Å². The van der Waals surface area contributed by atoms with Crippen LogP contribution >= 0.6 is 0 Å². The molecule has 0 amide bonds. The summed E-state index contributed by atoms with van der Waals surface area (Å²) in [7, 11) is 4.94. The van der Waals surface area contributed by atoms with Crippen LogP contribution in [0.4, 0.5) is 0 Å². The molecular weight excluding hydrogens is 332 g/mol. The Morgan fingerprint density at radius 2 is 1.62 bits per heavy atom. The van der Waals surface area contributed by atoms with Gasteiger partial charge in [-0.25, -0.2) is 0 Å². The third kappa shape index (κ3) is 4.08. The van der Waals surface area contributed by atoms with E-state index in [4.69, 9.17) is 14.2 Å². The van der Waals surface area contributed by atoms with Gasteiger partial charge in [-0.1, -0.05) is 18.9 Å². The standard InChI is InChI=1S/C20H32N2O4/c1-24-18-9-8-15(19(25-2)20(18)26-3)14-21-10-12-22(13-11-21)16-6-4-5-7-17(16)23/h8-9,16-17,23H,4-7,10-14H2,1-3H3/t16-,17-/m0/s1. The first-order valence-corrected chi connectivity index (χ1v) is 9.60. The number of hydrogen-bond acceptors (Lipinski definition) is 6. The van der Waals surface area contributed by atoms with E-state index in [0.29, 0.717) is 17.5 Å². The van der Waals surface area contributed by atoms with Crippen LogP contribution in [0.5, 0.6) is 17.2 Å². The summed E-state index contributed by atoms with van der Waals surface area (Å²) < 4.78 is 16.5. The minimum Gasteiger partial charge on any atom is -0.493 e. The molecule has 1 aromatic carbocycles. The Hall–Kier alpha value is -1.50. The van der Waals surface area contributed by atoms with E-state index >= 15 is 0 Å². The van der Waals surface area contributed by atoms with Crippen molar-refractivity contribution >= 4 is 0 Å². The molecule has 1 saturated carbocycles. The summed E-state index contributed by atoms with van der Waals surface area (Å²) in [5.41, 5.74) is 1.11. The first-order chi connectivity index (χ1) is 12.7. The fraction of sp³-hybridized carbons (Fsp3) is 0.700. The number of benzene rings is 1. The highest BCUT2D eigenvalue weighted by Gasteiger charge is 2.31. The molecule has 0 radical (unpaired) electrons. The Morgan fingerprint density at radius 3 is 2.23 bits per heavy atom. The number of aliphatic hydroxyl groups excluding tert-OH is 1. The Labute approximate surface area is 156 Å². The van der Waals surface area contributed by atoms with Crippen LogP contribution in [0.25, 0.3) is 0 Å². The molecule has 6 heteroatoms. The number of nitrogens with zero attached hydrogens (tertiary/aromatic N) is 2. The molecule has 6 nitrogen and oxygen atoms in total. The number of ether oxygens (including phenoxy) is 3. The van der Waals surface area contributed by atoms with Crippen molar-refractivity contribution in [1.29, 1.82) is 0 Å². The molecule has 0 unspecified atom stereocenters. The Kier molecular flexibility index (Phi) is 6.62. The van der Waals surface area contributed by atoms with Gasteiger partial charge in [-0.3, -0.25) is 9.80 Å². The van der Waals surface area contributed by atoms with Crippen LogP contribution in [-0.4, -0.2) is 74.6 Å². The molecule has 0 aromatic heterocycles. The number of methoxy groups -OCH3 is 3. The van der Waals surface area contributed by atoms with E-state index in [-0.39, 0.29) is 6.10 Å². The molecular formula is C20H32N2O4. The van der Waals surface area contributed by atoms with Gasteiger partial charge in [0.25, 0.3) is 0 Å². The van der Waals surface area contributed by atoms with Gasteiger partial charge in [0.15, 0.2) is 11.5 Å². The number of piperazine rings is 1. The molecule has 1 aliphatic carbocycles. The molecule has 1 aliphatic heterocycles. The molecule has 2 atom stereocenters. The minimum atomic E-state index is -0.152. The summed E-state index contributed by atoms with van der Waals surface area (Å²) >= 11 is 0. The molecule has 0 spiro atoms. The maximum atomic E-state index is 10.3. The van der Waals surface area contributed by atoms with Crippen molar-refractivity contribution in [3.63, 3.8) is 0 Å². The maximum Gasteiger partial charge on any atom is 0.203 e. The number of rotatable bonds is 6. The van der Waals surface area contributed by atoms with E-state index in [1.807, 2.05) is 6.07 Å². The molecule has 1 saturated heterocycles. The van der Waals surface area contributed by atoms with Crippen molar-refractivity contribution < 1.29 is 19.3 Å².